The van der Waals surface area contributed by atoms with E-state index < -0.39 is 5.91 Å². The third-order valence-corrected chi connectivity index (χ3v) is 2.87. The highest BCUT2D eigenvalue weighted by Crippen LogP contribution is 2.25. The molecule has 90 valence electrons. The second-order valence-corrected chi connectivity index (χ2v) is 4.29. The van der Waals surface area contributed by atoms with Crippen LogP contribution in [-0.2, 0) is 4.79 Å². The number of anilines is 1. The van der Waals surface area contributed by atoms with Gasteiger partial charge in [0, 0.05) is 10.9 Å². The molecule has 6 heteroatoms. The SMILES string of the molecule is N#CCC(=O)Nc1nc(-c2cccc(F)c2)cs1. The zero-order valence-corrected chi connectivity index (χ0v) is 10.00. The first-order valence-corrected chi connectivity index (χ1v) is 5.95. The number of hydrogen-bond acceptors (Lipinski definition) is 4. The Labute approximate surface area is 107 Å². The van der Waals surface area contributed by atoms with Crippen molar-refractivity contribution in [2.45, 2.75) is 6.42 Å². The van der Waals surface area contributed by atoms with E-state index in [1.54, 1.807) is 23.6 Å². The summed E-state index contributed by atoms with van der Waals surface area (Å²) in [6.45, 7) is 0. The highest BCUT2D eigenvalue weighted by molar-refractivity contribution is 7.14. The van der Waals surface area contributed by atoms with Crippen molar-refractivity contribution in [3.8, 4) is 17.3 Å². The van der Waals surface area contributed by atoms with E-state index in [0.29, 0.717) is 16.4 Å². The molecule has 4 nitrogen and oxygen atoms in total. The van der Waals surface area contributed by atoms with E-state index in [2.05, 4.69) is 10.3 Å². The minimum atomic E-state index is -0.405. The van der Waals surface area contributed by atoms with Crippen LogP contribution < -0.4 is 5.32 Å². The smallest absolute Gasteiger partial charge is 0.240 e. The van der Waals surface area contributed by atoms with Crippen LogP contribution in [0.15, 0.2) is 29.6 Å². The number of amides is 1. The highest BCUT2D eigenvalue weighted by atomic mass is 32.1. The van der Waals surface area contributed by atoms with E-state index in [4.69, 9.17) is 5.26 Å². The number of carbonyl (C=O) groups excluding carboxylic acids is 1. The van der Waals surface area contributed by atoms with Crippen molar-refractivity contribution >= 4 is 22.4 Å². The summed E-state index contributed by atoms with van der Waals surface area (Å²) in [4.78, 5) is 15.3. The summed E-state index contributed by atoms with van der Waals surface area (Å²) in [5.74, 6) is -0.742. The van der Waals surface area contributed by atoms with Crippen LogP contribution in [-0.4, -0.2) is 10.9 Å². The van der Waals surface area contributed by atoms with Crippen molar-refractivity contribution in [2.75, 3.05) is 5.32 Å². The van der Waals surface area contributed by atoms with Gasteiger partial charge in [-0.1, -0.05) is 12.1 Å². The molecule has 1 heterocycles. The third-order valence-electron chi connectivity index (χ3n) is 2.11. The Morgan fingerprint density at radius 1 is 1.56 bits per heavy atom. The monoisotopic (exact) mass is 261 g/mol. The van der Waals surface area contributed by atoms with Gasteiger partial charge in [0.05, 0.1) is 11.8 Å². The van der Waals surface area contributed by atoms with Crippen LogP contribution in [0.2, 0.25) is 0 Å². The molecule has 0 atom stereocenters. The molecule has 0 aliphatic rings. The summed E-state index contributed by atoms with van der Waals surface area (Å²) >= 11 is 1.23. The molecule has 0 saturated carbocycles. The number of rotatable bonds is 3. The van der Waals surface area contributed by atoms with Crippen LogP contribution in [0.1, 0.15) is 6.42 Å². The maximum absolute atomic E-state index is 13.0. The first-order chi connectivity index (χ1) is 8.69. The molecule has 1 N–H and O–H groups in total. The number of thiazole rings is 1. The van der Waals surface area contributed by atoms with Crippen molar-refractivity contribution in [3.63, 3.8) is 0 Å². The predicted octanol–water partition coefficient (Wildman–Crippen LogP) is 2.80. The summed E-state index contributed by atoms with van der Waals surface area (Å²) < 4.78 is 13.0. The van der Waals surface area contributed by atoms with Gasteiger partial charge in [0.1, 0.15) is 12.2 Å². The van der Waals surface area contributed by atoms with Crippen molar-refractivity contribution < 1.29 is 9.18 Å². The topological polar surface area (TPSA) is 65.8 Å². The number of aromatic nitrogens is 1. The van der Waals surface area contributed by atoms with Crippen LogP contribution >= 0.6 is 11.3 Å². The molecule has 0 unspecified atom stereocenters. The Hall–Kier alpha value is -2.26. The molecule has 2 rings (SSSR count). The maximum atomic E-state index is 13.0. The normalized spacial score (nSPS) is 9.78. The van der Waals surface area contributed by atoms with Gasteiger partial charge < -0.3 is 5.32 Å². The Balaban J connectivity index is 2.16. The second kappa shape index (κ2) is 5.38. The van der Waals surface area contributed by atoms with E-state index in [0.717, 1.165) is 0 Å². The van der Waals surface area contributed by atoms with Gasteiger partial charge in [-0.3, -0.25) is 4.79 Å². The molecule has 1 aromatic carbocycles. The molecule has 0 saturated heterocycles. The Morgan fingerprint density at radius 2 is 2.39 bits per heavy atom. The van der Waals surface area contributed by atoms with Crippen molar-refractivity contribution in [1.29, 1.82) is 5.26 Å². The van der Waals surface area contributed by atoms with Gasteiger partial charge >= 0.3 is 0 Å². The standard InChI is InChI=1S/C12H8FN3OS/c13-9-3-1-2-8(6-9)10-7-18-12(15-10)16-11(17)4-5-14/h1-3,6-7H,4H2,(H,15,16,17). The minimum Gasteiger partial charge on any atom is -0.301 e. The zero-order chi connectivity index (χ0) is 13.0. The summed E-state index contributed by atoms with van der Waals surface area (Å²) in [5.41, 5.74) is 1.23. The van der Waals surface area contributed by atoms with Gasteiger partial charge in [-0.15, -0.1) is 11.3 Å². The molecular weight excluding hydrogens is 253 g/mol. The van der Waals surface area contributed by atoms with Crippen LogP contribution in [0.5, 0.6) is 0 Å². The van der Waals surface area contributed by atoms with Crippen molar-refractivity contribution in [2.24, 2.45) is 0 Å². The van der Waals surface area contributed by atoms with E-state index in [1.807, 2.05) is 0 Å². The van der Waals surface area contributed by atoms with Crippen LogP contribution in [0, 0.1) is 17.1 Å². The summed E-state index contributed by atoms with van der Waals surface area (Å²) in [6, 6.07) is 7.80. The maximum Gasteiger partial charge on any atom is 0.240 e. The number of hydrogen-bond donors (Lipinski definition) is 1. The number of benzene rings is 1. The Kier molecular flexibility index (Phi) is 3.65. The second-order valence-electron chi connectivity index (χ2n) is 3.43. The van der Waals surface area contributed by atoms with E-state index >= 15 is 0 Å². The van der Waals surface area contributed by atoms with Gasteiger partial charge in [0.25, 0.3) is 0 Å². The fraction of sp³-hybridized carbons (Fsp3) is 0.0833. The number of nitrogens with one attached hydrogen (secondary N) is 1. The van der Waals surface area contributed by atoms with Crippen molar-refractivity contribution in [1.82, 2.24) is 4.98 Å². The van der Waals surface area contributed by atoms with Gasteiger partial charge in [-0.2, -0.15) is 5.26 Å². The van der Waals surface area contributed by atoms with Gasteiger partial charge in [0.15, 0.2) is 5.13 Å². The molecule has 18 heavy (non-hydrogen) atoms. The molecule has 0 fully saturated rings. The fourth-order valence-corrected chi connectivity index (χ4v) is 2.08. The molecule has 0 aliphatic carbocycles. The fourth-order valence-electron chi connectivity index (χ4n) is 1.35. The molecule has 1 aromatic heterocycles. The molecule has 1 amide bonds. The lowest BCUT2D eigenvalue weighted by molar-refractivity contribution is -0.115. The molecule has 0 aliphatic heterocycles. The average Bonchev–Trinajstić information content (AvgIpc) is 2.78. The Morgan fingerprint density at radius 3 is 3.11 bits per heavy atom. The lowest BCUT2D eigenvalue weighted by atomic mass is 10.2. The minimum absolute atomic E-state index is 0.213. The number of halogens is 1. The predicted molar refractivity (Wildman–Crippen MR) is 66.4 cm³/mol. The molecule has 2 aromatic rings. The molecular formula is C12H8FN3OS. The van der Waals surface area contributed by atoms with Crippen LogP contribution in [0.3, 0.4) is 0 Å². The quantitative estimate of drug-likeness (QED) is 0.923. The van der Waals surface area contributed by atoms with Crippen LogP contribution in [0.25, 0.3) is 11.3 Å². The summed E-state index contributed by atoms with van der Waals surface area (Å²) in [5, 5.41) is 13.0. The number of nitrogens with zero attached hydrogens (tertiary/aromatic N) is 2. The Bertz CT molecular complexity index is 618. The lowest BCUT2D eigenvalue weighted by Gasteiger charge is -1.97. The average molecular weight is 261 g/mol. The first-order valence-electron chi connectivity index (χ1n) is 5.07. The van der Waals surface area contributed by atoms with E-state index in [-0.39, 0.29) is 12.2 Å². The number of nitriles is 1. The van der Waals surface area contributed by atoms with Crippen molar-refractivity contribution in [3.05, 3.63) is 35.5 Å². The molecule has 0 radical (unpaired) electrons. The van der Waals surface area contributed by atoms with E-state index in [9.17, 15) is 9.18 Å². The molecule has 0 bridgehead atoms. The highest BCUT2D eigenvalue weighted by Gasteiger charge is 2.08. The van der Waals surface area contributed by atoms with Crippen LogP contribution in [0.4, 0.5) is 9.52 Å². The zero-order valence-electron chi connectivity index (χ0n) is 9.18. The van der Waals surface area contributed by atoms with Gasteiger partial charge in [-0.25, -0.2) is 9.37 Å². The van der Waals surface area contributed by atoms with E-state index in [1.165, 1.54) is 23.5 Å². The third kappa shape index (κ3) is 2.90. The first kappa shape index (κ1) is 12.2. The van der Waals surface area contributed by atoms with Gasteiger partial charge in [-0.05, 0) is 12.1 Å². The largest absolute Gasteiger partial charge is 0.301 e. The summed E-state index contributed by atoms with van der Waals surface area (Å²) in [6.07, 6.45) is -0.213. The number of carbonyl (C=O) groups is 1. The lowest BCUT2D eigenvalue weighted by Crippen LogP contribution is -2.09. The summed E-state index contributed by atoms with van der Waals surface area (Å²) in [7, 11) is 0. The molecule has 0 spiro atoms. The van der Waals surface area contributed by atoms with Gasteiger partial charge in [0.2, 0.25) is 5.91 Å².